The Hall–Kier alpha value is -0.570. The van der Waals surface area contributed by atoms with Crippen molar-refractivity contribution in [3.05, 3.63) is 23.9 Å². The largest absolute Gasteiger partial charge is 0.353 e. The van der Waals surface area contributed by atoms with Gasteiger partial charge in [0.25, 0.3) is 0 Å². The molecule has 1 aromatic rings. The minimum absolute atomic E-state index is 0.618. The van der Waals surface area contributed by atoms with Crippen molar-refractivity contribution in [3.8, 4) is 0 Å². The molecule has 1 saturated heterocycles. The average molecular weight is 269 g/mol. The zero-order chi connectivity index (χ0) is 10.7. The lowest BCUT2D eigenvalue weighted by Gasteiger charge is -2.36. The molecule has 0 aromatic carbocycles. The van der Waals surface area contributed by atoms with Crippen molar-refractivity contribution in [2.45, 2.75) is 32.2 Å². The molecule has 0 amide bonds. The molecule has 0 bridgehead atoms. The van der Waals surface area contributed by atoms with Gasteiger partial charge in [-0.1, -0.05) is 22.0 Å². The number of aromatic nitrogens is 1. The van der Waals surface area contributed by atoms with Crippen molar-refractivity contribution < 1.29 is 0 Å². The molecule has 1 unspecified atom stereocenters. The molecular weight excluding hydrogens is 252 g/mol. The minimum Gasteiger partial charge on any atom is -0.353 e. The molecule has 1 aliphatic heterocycles. The summed E-state index contributed by atoms with van der Waals surface area (Å²) in [5, 5.41) is 1.04. The Morgan fingerprint density at radius 1 is 1.53 bits per heavy atom. The number of rotatable bonds is 2. The fourth-order valence-corrected chi connectivity index (χ4v) is 2.89. The van der Waals surface area contributed by atoms with Crippen LogP contribution in [-0.4, -0.2) is 22.9 Å². The van der Waals surface area contributed by atoms with Crippen LogP contribution in [0.1, 0.15) is 24.8 Å². The van der Waals surface area contributed by atoms with Gasteiger partial charge in [-0.15, -0.1) is 0 Å². The van der Waals surface area contributed by atoms with Crippen LogP contribution in [0.3, 0.4) is 0 Å². The van der Waals surface area contributed by atoms with Crippen LogP contribution in [0.2, 0.25) is 0 Å². The third kappa shape index (κ3) is 2.33. The van der Waals surface area contributed by atoms with Crippen LogP contribution >= 0.6 is 15.9 Å². The maximum atomic E-state index is 4.51. The number of anilines is 1. The molecule has 82 valence electrons. The Balaban J connectivity index is 2.24. The van der Waals surface area contributed by atoms with Crippen LogP contribution in [0.5, 0.6) is 0 Å². The highest BCUT2D eigenvalue weighted by molar-refractivity contribution is 9.09. The fraction of sp³-hybridized carbons (Fsp3) is 0.583. The quantitative estimate of drug-likeness (QED) is 0.767. The van der Waals surface area contributed by atoms with Crippen LogP contribution in [0.4, 0.5) is 5.82 Å². The topological polar surface area (TPSA) is 16.1 Å². The average Bonchev–Trinajstić information content (AvgIpc) is 2.30. The number of hydrogen-bond acceptors (Lipinski definition) is 2. The molecular formula is C12H17BrN2. The molecule has 2 rings (SSSR count). The molecule has 15 heavy (non-hydrogen) atoms. The summed E-state index contributed by atoms with van der Waals surface area (Å²) < 4.78 is 0. The Bertz CT molecular complexity index is 327. The van der Waals surface area contributed by atoms with E-state index in [0.717, 1.165) is 11.9 Å². The third-order valence-corrected chi connectivity index (χ3v) is 3.81. The minimum atomic E-state index is 0.618. The molecule has 0 radical (unpaired) electrons. The standard InChI is InChI=1S/C12H17BrN2/c1-10-5-4-7-14-12(10)15-8-3-2-6-11(15)9-13/h4-5,7,11H,2-3,6,8-9H2,1H3. The van der Waals surface area contributed by atoms with E-state index in [1.165, 1.54) is 30.6 Å². The molecule has 3 heteroatoms. The highest BCUT2D eigenvalue weighted by Crippen LogP contribution is 2.26. The van der Waals surface area contributed by atoms with Crippen molar-refractivity contribution in [2.24, 2.45) is 0 Å². The van der Waals surface area contributed by atoms with E-state index in [-0.39, 0.29) is 0 Å². The number of aryl methyl sites for hydroxylation is 1. The number of nitrogens with zero attached hydrogens (tertiary/aromatic N) is 2. The van der Waals surface area contributed by atoms with Gasteiger partial charge >= 0.3 is 0 Å². The van der Waals surface area contributed by atoms with Crippen LogP contribution in [0.15, 0.2) is 18.3 Å². The molecule has 2 heterocycles. The molecule has 2 nitrogen and oxygen atoms in total. The van der Waals surface area contributed by atoms with Gasteiger partial charge in [-0.05, 0) is 37.8 Å². The van der Waals surface area contributed by atoms with Crippen molar-refractivity contribution in [3.63, 3.8) is 0 Å². The smallest absolute Gasteiger partial charge is 0.131 e. The normalized spacial score (nSPS) is 21.7. The van der Waals surface area contributed by atoms with E-state index in [4.69, 9.17) is 0 Å². The lowest BCUT2D eigenvalue weighted by atomic mass is 10.0. The van der Waals surface area contributed by atoms with E-state index < -0.39 is 0 Å². The lowest BCUT2D eigenvalue weighted by Crippen LogP contribution is -2.41. The first-order valence-corrected chi connectivity index (χ1v) is 6.69. The predicted octanol–water partition coefficient (Wildman–Crippen LogP) is 3.14. The summed E-state index contributed by atoms with van der Waals surface area (Å²) in [4.78, 5) is 6.96. The number of hydrogen-bond donors (Lipinski definition) is 0. The predicted molar refractivity (Wildman–Crippen MR) is 67.8 cm³/mol. The van der Waals surface area contributed by atoms with Crippen molar-refractivity contribution in [2.75, 3.05) is 16.8 Å². The summed E-state index contributed by atoms with van der Waals surface area (Å²) >= 11 is 3.60. The molecule has 0 aliphatic carbocycles. The monoisotopic (exact) mass is 268 g/mol. The molecule has 1 atom stereocenters. The van der Waals surface area contributed by atoms with Gasteiger partial charge in [0.15, 0.2) is 0 Å². The first kappa shape index (κ1) is 10.9. The molecule has 0 saturated carbocycles. The molecule has 0 N–H and O–H groups in total. The summed E-state index contributed by atoms with van der Waals surface area (Å²) in [6.07, 6.45) is 5.81. The van der Waals surface area contributed by atoms with E-state index in [1.54, 1.807) is 0 Å². The second-order valence-corrected chi connectivity index (χ2v) is 4.79. The van der Waals surface area contributed by atoms with Crippen molar-refractivity contribution in [1.82, 2.24) is 4.98 Å². The van der Waals surface area contributed by atoms with E-state index in [0.29, 0.717) is 6.04 Å². The SMILES string of the molecule is Cc1cccnc1N1CCCCC1CBr. The zero-order valence-corrected chi connectivity index (χ0v) is 10.7. The number of pyridine rings is 1. The molecule has 1 aliphatic rings. The Morgan fingerprint density at radius 3 is 3.13 bits per heavy atom. The number of halogens is 1. The van der Waals surface area contributed by atoms with Gasteiger partial charge in [-0.2, -0.15) is 0 Å². The molecule has 0 spiro atoms. The van der Waals surface area contributed by atoms with Crippen LogP contribution in [0.25, 0.3) is 0 Å². The summed E-state index contributed by atoms with van der Waals surface area (Å²) in [6.45, 7) is 3.29. The van der Waals surface area contributed by atoms with E-state index in [2.05, 4.69) is 38.8 Å². The van der Waals surface area contributed by atoms with Gasteiger partial charge in [0.2, 0.25) is 0 Å². The maximum Gasteiger partial charge on any atom is 0.131 e. The van der Waals surface area contributed by atoms with Gasteiger partial charge in [0.05, 0.1) is 0 Å². The van der Waals surface area contributed by atoms with Gasteiger partial charge in [0, 0.05) is 24.1 Å². The Kier molecular flexibility index (Phi) is 3.62. The fourth-order valence-electron chi connectivity index (χ4n) is 2.22. The number of alkyl halides is 1. The van der Waals surface area contributed by atoms with Gasteiger partial charge in [-0.25, -0.2) is 4.98 Å². The second-order valence-electron chi connectivity index (χ2n) is 4.14. The highest BCUT2D eigenvalue weighted by Gasteiger charge is 2.23. The Labute approximate surface area is 99.8 Å². The van der Waals surface area contributed by atoms with Crippen molar-refractivity contribution in [1.29, 1.82) is 0 Å². The number of piperidine rings is 1. The summed E-state index contributed by atoms with van der Waals surface area (Å²) in [7, 11) is 0. The highest BCUT2D eigenvalue weighted by atomic mass is 79.9. The van der Waals surface area contributed by atoms with E-state index in [9.17, 15) is 0 Å². The van der Waals surface area contributed by atoms with Gasteiger partial charge in [0.1, 0.15) is 5.82 Å². The summed E-state index contributed by atoms with van der Waals surface area (Å²) in [5.41, 5.74) is 1.28. The lowest BCUT2D eigenvalue weighted by molar-refractivity contribution is 0.487. The summed E-state index contributed by atoms with van der Waals surface area (Å²) in [6, 6.07) is 4.76. The van der Waals surface area contributed by atoms with Crippen molar-refractivity contribution >= 4 is 21.7 Å². The van der Waals surface area contributed by atoms with Crippen LogP contribution in [0, 0.1) is 6.92 Å². The van der Waals surface area contributed by atoms with Crippen LogP contribution in [-0.2, 0) is 0 Å². The zero-order valence-electron chi connectivity index (χ0n) is 9.12. The Morgan fingerprint density at radius 2 is 2.40 bits per heavy atom. The van der Waals surface area contributed by atoms with E-state index >= 15 is 0 Å². The first-order valence-electron chi connectivity index (χ1n) is 5.57. The van der Waals surface area contributed by atoms with E-state index in [1.807, 2.05) is 12.3 Å². The van der Waals surface area contributed by atoms with Gasteiger partial charge in [-0.3, -0.25) is 0 Å². The first-order chi connectivity index (χ1) is 7.33. The third-order valence-electron chi connectivity index (χ3n) is 3.06. The van der Waals surface area contributed by atoms with Crippen LogP contribution < -0.4 is 4.90 Å². The second kappa shape index (κ2) is 4.97. The molecule has 1 aromatic heterocycles. The molecule has 1 fully saturated rings. The maximum absolute atomic E-state index is 4.51. The van der Waals surface area contributed by atoms with Gasteiger partial charge < -0.3 is 4.90 Å². The summed E-state index contributed by atoms with van der Waals surface area (Å²) in [5.74, 6) is 1.17.